The summed E-state index contributed by atoms with van der Waals surface area (Å²) in [5, 5.41) is 6.09. The number of aromatic nitrogens is 2. The second-order valence-corrected chi connectivity index (χ2v) is 6.12. The van der Waals surface area contributed by atoms with Crippen LogP contribution in [0.3, 0.4) is 0 Å². The van der Waals surface area contributed by atoms with Gasteiger partial charge in [-0.1, -0.05) is 35.5 Å². The van der Waals surface area contributed by atoms with Crippen LogP contribution in [0, 0.1) is 11.6 Å². The first-order valence-electron chi connectivity index (χ1n) is 8.76. The van der Waals surface area contributed by atoms with Crippen LogP contribution in [0.15, 0.2) is 53.1 Å². The molecule has 0 aliphatic carbocycles. The van der Waals surface area contributed by atoms with E-state index < -0.39 is 29.6 Å². The molecule has 1 heterocycles. The van der Waals surface area contributed by atoms with Crippen molar-refractivity contribution in [3.8, 4) is 11.4 Å². The van der Waals surface area contributed by atoms with Gasteiger partial charge in [0.2, 0.25) is 11.7 Å². The molecule has 0 aliphatic heterocycles. The highest BCUT2D eigenvalue weighted by atomic mass is 19.1. The summed E-state index contributed by atoms with van der Waals surface area (Å²) in [5.41, 5.74) is 0.571. The average Bonchev–Trinajstić information content (AvgIpc) is 3.18. The standard InChI is InChI=1S/C20H17F2N3O4/c1-12(20(27)23-16-8-7-14(21)11-15(16)22)28-18(26)10-9-17-24-19(25-29-17)13-5-3-2-4-6-13/h2-8,11-12H,9-10H2,1H3,(H,23,27)/t12-/m1/s1. The fraction of sp³-hybridized carbons (Fsp3) is 0.200. The number of amides is 1. The fourth-order valence-electron chi connectivity index (χ4n) is 2.40. The molecule has 3 aromatic rings. The van der Waals surface area contributed by atoms with Crippen LogP contribution < -0.4 is 5.32 Å². The van der Waals surface area contributed by atoms with E-state index in [4.69, 9.17) is 9.26 Å². The molecule has 7 nitrogen and oxygen atoms in total. The number of hydrogen-bond acceptors (Lipinski definition) is 6. The van der Waals surface area contributed by atoms with E-state index in [-0.39, 0.29) is 24.4 Å². The maximum absolute atomic E-state index is 13.6. The van der Waals surface area contributed by atoms with Crippen molar-refractivity contribution in [3.63, 3.8) is 0 Å². The quantitative estimate of drug-likeness (QED) is 0.609. The van der Waals surface area contributed by atoms with Crippen LogP contribution >= 0.6 is 0 Å². The van der Waals surface area contributed by atoms with Crippen LogP contribution in [0.2, 0.25) is 0 Å². The second kappa shape index (κ2) is 9.05. The van der Waals surface area contributed by atoms with Gasteiger partial charge in [0.05, 0.1) is 12.1 Å². The Balaban J connectivity index is 1.49. The number of esters is 1. The molecule has 150 valence electrons. The molecular weight excluding hydrogens is 384 g/mol. The third-order valence-corrected chi connectivity index (χ3v) is 3.91. The Bertz CT molecular complexity index is 1010. The molecule has 0 bridgehead atoms. The molecule has 1 atom stereocenters. The minimum atomic E-state index is -1.17. The van der Waals surface area contributed by atoms with Crippen molar-refractivity contribution in [2.75, 3.05) is 5.32 Å². The van der Waals surface area contributed by atoms with Gasteiger partial charge in [-0.15, -0.1) is 0 Å². The lowest BCUT2D eigenvalue weighted by atomic mass is 10.2. The van der Waals surface area contributed by atoms with E-state index in [1.54, 1.807) is 0 Å². The molecule has 0 aliphatic rings. The highest BCUT2D eigenvalue weighted by Gasteiger charge is 2.20. The van der Waals surface area contributed by atoms with Gasteiger partial charge in [-0.05, 0) is 19.1 Å². The Morgan fingerprint density at radius 3 is 2.66 bits per heavy atom. The van der Waals surface area contributed by atoms with Crippen LogP contribution in [0.25, 0.3) is 11.4 Å². The number of halogens is 2. The Hall–Kier alpha value is -3.62. The SMILES string of the molecule is C[C@@H](OC(=O)CCc1nc(-c2ccccc2)no1)C(=O)Nc1ccc(F)cc1F. The number of carbonyl (C=O) groups is 2. The van der Waals surface area contributed by atoms with Crippen LogP contribution in [0.1, 0.15) is 19.2 Å². The smallest absolute Gasteiger partial charge is 0.307 e. The summed E-state index contributed by atoms with van der Waals surface area (Å²) in [7, 11) is 0. The molecule has 0 fully saturated rings. The lowest BCUT2D eigenvalue weighted by Crippen LogP contribution is -2.30. The summed E-state index contributed by atoms with van der Waals surface area (Å²) < 4.78 is 36.6. The summed E-state index contributed by atoms with van der Waals surface area (Å²) in [5.74, 6) is -2.44. The summed E-state index contributed by atoms with van der Waals surface area (Å²) in [6.07, 6.45) is -1.12. The summed E-state index contributed by atoms with van der Waals surface area (Å²) >= 11 is 0. The average molecular weight is 401 g/mol. The second-order valence-electron chi connectivity index (χ2n) is 6.12. The lowest BCUT2D eigenvalue weighted by molar-refractivity contribution is -0.153. The molecule has 0 unspecified atom stereocenters. The van der Waals surface area contributed by atoms with E-state index in [1.807, 2.05) is 30.3 Å². The van der Waals surface area contributed by atoms with Crippen molar-refractivity contribution < 1.29 is 27.6 Å². The third-order valence-electron chi connectivity index (χ3n) is 3.91. The van der Waals surface area contributed by atoms with Gasteiger partial charge in [-0.2, -0.15) is 4.98 Å². The van der Waals surface area contributed by atoms with E-state index >= 15 is 0 Å². The highest BCUT2D eigenvalue weighted by molar-refractivity contribution is 5.95. The van der Waals surface area contributed by atoms with Gasteiger partial charge in [0.15, 0.2) is 6.10 Å². The van der Waals surface area contributed by atoms with Crippen molar-refractivity contribution in [2.24, 2.45) is 0 Å². The first-order chi connectivity index (χ1) is 13.9. The number of hydrogen-bond donors (Lipinski definition) is 1. The predicted octanol–water partition coefficient (Wildman–Crippen LogP) is 3.52. The van der Waals surface area contributed by atoms with Crippen molar-refractivity contribution in [1.29, 1.82) is 0 Å². The van der Waals surface area contributed by atoms with Gasteiger partial charge in [0.1, 0.15) is 11.6 Å². The molecule has 3 rings (SSSR count). The molecule has 0 radical (unpaired) electrons. The van der Waals surface area contributed by atoms with Crippen molar-refractivity contribution in [2.45, 2.75) is 25.9 Å². The minimum Gasteiger partial charge on any atom is -0.453 e. The maximum atomic E-state index is 13.6. The van der Waals surface area contributed by atoms with Crippen molar-refractivity contribution in [3.05, 3.63) is 66.1 Å². The van der Waals surface area contributed by atoms with Gasteiger partial charge >= 0.3 is 5.97 Å². The topological polar surface area (TPSA) is 94.3 Å². The Kier molecular flexibility index (Phi) is 6.28. The fourth-order valence-corrected chi connectivity index (χ4v) is 2.40. The Labute approximate surface area is 164 Å². The van der Waals surface area contributed by atoms with E-state index in [1.165, 1.54) is 6.92 Å². The normalized spacial score (nSPS) is 11.7. The van der Waals surface area contributed by atoms with E-state index in [9.17, 15) is 18.4 Å². The molecule has 0 saturated heterocycles. The van der Waals surface area contributed by atoms with E-state index in [0.717, 1.165) is 17.7 Å². The molecule has 1 aromatic heterocycles. The minimum absolute atomic E-state index is 0.0844. The lowest BCUT2D eigenvalue weighted by Gasteiger charge is -2.13. The summed E-state index contributed by atoms with van der Waals surface area (Å²) in [6, 6.07) is 11.9. The molecule has 29 heavy (non-hydrogen) atoms. The van der Waals surface area contributed by atoms with Crippen LogP contribution in [0.4, 0.5) is 14.5 Å². The first kappa shape index (κ1) is 20.1. The van der Waals surface area contributed by atoms with Gasteiger partial charge in [0, 0.05) is 18.1 Å². The predicted molar refractivity (Wildman–Crippen MR) is 98.6 cm³/mol. The number of benzene rings is 2. The number of rotatable bonds is 7. The number of nitrogens with zero attached hydrogens (tertiary/aromatic N) is 2. The zero-order chi connectivity index (χ0) is 20.8. The van der Waals surface area contributed by atoms with Crippen molar-refractivity contribution in [1.82, 2.24) is 10.1 Å². The van der Waals surface area contributed by atoms with Crippen LogP contribution in [0.5, 0.6) is 0 Å². The highest BCUT2D eigenvalue weighted by Crippen LogP contribution is 2.17. The zero-order valence-corrected chi connectivity index (χ0v) is 15.4. The van der Waals surface area contributed by atoms with Crippen LogP contribution in [-0.4, -0.2) is 28.1 Å². The number of aryl methyl sites for hydroxylation is 1. The molecular formula is C20H17F2N3O4. The van der Waals surface area contributed by atoms with Gasteiger partial charge in [-0.25, -0.2) is 8.78 Å². The molecule has 0 saturated carbocycles. The number of anilines is 1. The van der Waals surface area contributed by atoms with Gasteiger partial charge in [-0.3, -0.25) is 9.59 Å². The summed E-state index contributed by atoms with van der Waals surface area (Å²) in [4.78, 5) is 28.2. The van der Waals surface area contributed by atoms with Gasteiger partial charge in [0.25, 0.3) is 5.91 Å². The number of nitrogens with one attached hydrogen (secondary N) is 1. The molecule has 2 aromatic carbocycles. The van der Waals surface area contributed by atoms with Crippen LogP contribution in [-0.2, 0) is 20.7 Å². The zero-order valence-electron chi connectivity index (χ0n) is 15.4. The van der Waals surface area contributed by atoms with E-state index in [0.29, 0.717) is 11.9 Å². The van der Waals surface area contributed by atoms with Gasteiger partial charge < -0.3 is 14.6 Å². The molecule has 1 amide bonds. The molecule has 1 N–H and O–H groups in total. The number of ether oxygens (including phenoxy) is 1. The summed E-state index contributed by atoms with van der Waals surface area (Å²) in [6.45, 7) is 1.34. The Morgan fingerprint density at radius 2 is 1.93 bits per heavy atom. The largest absolute Gasteiger partial charge is 0.453 e. The van der Waals surface area contributed by atoms with E-state index in [2.05, 4.69) is 15.5 Å². The first-order valence-corrected chi connectivity index (χ1v) is 8.76. The monoisotopic (exact) mass is 401 g/mol. The maximum Gasteiger partial charge on any atom is 0.307 e. The number of carbonyl (C=O) groups excluding carboxylic acids is 2. The molecule has 9 heteroatoms. The van der Waals surface area contributed by atoms with Crippen molar-refractivity contribution >= 4 is 17.6 Å². The molecule has 0 spiro atoms. The Morgan fingerprint density at radius 1 is 1.17 bits per heavy atom. The third kappa shape index (κ3) is 5.44.